The number of fused-ring (bicyclic) bond motifs is 1. The van der Waals surface area contributed by atoms with E-state index in [9.17, 15) is 4.79 Å². The van der Waals surface area contributed by atoms with Gasteiger partial charge in [-0.15, -0.1) is 0 Å². The molecular weight excluding hydrogens is 310 g/mol. The van der Waals surface area contributed by atoms with E-state index in [2.05, 4.69) is 0 Å². The zero-order valence-electron chi connectivity index (χ0n) is 13.3. The summed E-state index contributed by atoms with van der Waals surface area (Å²) in [5, 5.41) is 1.20. The van der Waals surface area contributed by atoms with Gasteiger partial charge in [-0.25, -0.2) is 4.98 Å². The van der Waals surface area contributed by atoms with Gasteiger partial charge in [0.05, 0.1) is 16.6 Å². The molecule has 4 nitrogen and oxygen atoms in total. The Balaban J connectivity index is 2.43. The number of hydrogen-bond donors (Lipinski definition) is 1. The number of halogens is 1. The number of aromatic nitrogens is 2. The third kappa shape index (κ3) is 2.59. The molecular formula is C18H18ClN3O. The van der Waals surface area contributed by atoms with Crippen LogP contribution in [-0.2, 0) is 0 Å². The van der Waals surface area contributed by atoms with E-state index in [0.717, 1.165) is 11.3 Å². The lowest BCUT2D eigenvalue weighted by atomic mass is 10.1. The van der Waals surface area contributed by atoms with Gasteiger partial charge in [-0.1, -0.05) is 25.4 Å². The van der Waals surface area contributed by atoms with Crippen LogP contribution in [0.15, 0.2) is 41.2 Å². The van der Waals surface area contributed by atoms with Crippen molar-refractivity contribution < 1.29 is 0 Å². The molecule has 0 aliphatic rings. The predicted molar refractivity (Wildman–Crippen MR) is 95.6 cm³/mol. The van der Waals surface area contributed by atoms with Crippen molar-refractivity contribution in [3.63, 3.8) is 0 Å². The molecule has 2 N–H and O–H groups in total. The third-order valence-electron chi connectivity index (χ3n) is 3.96. The Morgan fingerprint density at radius 2 is 1.78 bits per heavy atom. The fraction of sp³-hybridized carbons (Fsp3) is 0.222. The first-order valence-corrected chi connectivity index (χ1v) is 7.85. The fourth-order valence-corrected chi connectivity index (χ4v) is 2.77. The van der Waals surface area contributed by atoms with E-state index in [0.29, 0.717) is 27.4 Å². The summed E-state index contributed by atoms with van der Waals surface area (Å²) in [6.45, 7) is 5.92. The maximum atomic E-state index is 13.1. The molecule has 118 valence electrons. The van der Waals surface area contributed by atoms with Crippen LogP contribution in [-0.4, -0.2) is 9.55 Å². The second-order valence-electron chi connectivity index (χ2n) is 5.92. The van der Waals surface area contributed by atoms with Gasteiger partial charge in [-0.3, -0.25) is 9.36 Å². The molecule has 0 saturated carbocycles. The number of nitrogens with zero attached hydrogens (tertiary/aromatic N) is 2. The van der Waals surface area contributed by atoms with Crippen molar-refractivity contribution in [2.75, 3.05) is 5.73 Å². The summed E-state index contributed by atoms with van der Waals surface area (Å²) in [5.74, 6) is 0.794. The van der Waals surface area contributed by atoms with Crippen molar-refractivity contribution in [3.8, 4) is 5.69 Å². The first kappa shape index (κ1) is 15.6. The summed E-state index contributed by atoms with van der Waals surface area (Å²) in [4.78, 5) is 17.8. The topological polar surface area (TPSA) is 60.9 Å². The van der Waals surface area contributed by atoms with Gasteiger partial charge in [0.2, 0.25) is 0 Å². The highest BCUT2D eigenvalue weighted by Crippen LogP contribution is 2.24. The number of benzene rings is 2. The Kier molecular flexibility index (Phi) is 3.86. The molecule has 0 aliphatic heterocycles. The minimum Gasteiger partial charge on any atom is -0.398 e. The molecule has 1 aromatic heterocycles. The first-order valence-electron chi connectivity index (χ1n) is 7.48. The molecule has 0 unspecified atom stereocenters. The first-order chi connectivity index (χ1) is 10.9. The van der Waals surface area contributed by atoms with E-state index in [-0.39, 0.29) is 11.5 Å². The lowest BCUT2D eigenvalue weighted by molar-refractivity contribution is 0.722. The average molecular weight is 328 g/mol. The molecule has 0 saturated heterocycles. The van der Waals surface area contributed by atoms with Gasteiger partial charge in [0.25, 0.3) is 5.56 Å². The monoisotopic (exact) mass is 327 g/mol. The summed E-state index contributed by atoms with van der Waals surface area (Å²) < 4.78 is 1.65. The van der Waals surface area contributed by atoms with Crippen LogP contribution in [0.1, 0.15) is 31.2 Å². The number of aryl methyl sites for hydroxylation is 1. The summed E-state index contributed by atoms with van der Waals surface area (Å²) in [6, 6.07) is 10.7. The summed E-state index contributed by atoms with van der Waals surface area (Å²) in [5.41, 5.74) is 8.78. The normalized spacial score (nSPS) is 11.3. The number of nitrogen functional groups attached to an aromatic ring is 1. The highest BCUT2D eigenvalue weighted by molar-refractivity contribution is 6.30. The molecule has 23 heavy (non-hydrogen) atoms. The van der Waals surface area contributed by atoms with Crippen molar-refractivity contribution in [1.82, 2.24) is 9.55 Å². The second-order valence-corrected chi connectivity index (χ2v) is 6.35. The minimum absolute atomic E-state index is 0.0867. The van der Waals surface area contributed by atoms with E-state index >= 15 is 0 Å². The number of anilines is 1. The summed E-state index contributed by atoms with van der Waals surface area (Å²) >= 11 is 5.96. The van der Waals surface area contributed by atoms with Crippen molar-refractivity contribution in [3.05, 3.63) is 63.2 Å². The quantitative estimate of drug-likeness (QED) is 0.722. The van der Waals surface area contributed by atoms with E-state index in [4.69, 9.17) is 22.3 Å². The van der Waals surface area contributed by atoms with Gasteiger partial charge in [0.15, 0.2) is 0 Å². The Labute approximate surface area is 139 Å². The lowest BCUT2D eigenvalue weighted by Crippen LogP contribution is -2.25. The smallest absolute Gasteiger partial charge is 0.265 e. The zero-order valence-corrected chi connectivity index (χ0v) is 14.1. The number of hydrogen-bond acceptors (Lipinski definition) is 3. The van der Waals surface area contributed by atoms with Crippen molar-refractivity contribution in [2.24, 2.45) is 0 Å². The van der Waals surface area contributed by atoms with Crippen LogP contribution in [0.5, 0.6) is 0 Å². The van der Waals surface area contributed by atoms with Gasteiger partial charge in [-0.05, 0) is 48.9 Å². The Bertz CT molecular complexity index is 943. The molecule has 5 heteroatoms. The fourth-order valence-electron chi connectivity index (χ4n) is 2.65. The van der Waals surface area contributed by atoms with E-state index in [1.807, 2.05) is 32.9 Å². The molecule has 0 aliphatic carbocycles. The molecule has 0 bridgehead atoms. The van der Waals surface area contributed by atoms with Crippen LogP contribution in [0, 0.1) is 6.92 Å². The van der Waals surface area contributed by atoms with Crippen molar-refractivity contribution in [2.45, 2.75) is 26.7 Å². The molecule has 3 aromatic rings. The van der Waals surface area contributed by atoms with Crippen LogP contribution < -0.4 is 11.3 Å². The summed E-state index contributed by atoms with van der Waals surface area (Å²) in [7, 11) is 0. The highest BCUT2D eigenvalue weighted by atomic mass is 35.5. The minimum atomic E-state index is -0.0934. The van der Waals surface area contributed by atoms with Gasteiger partial charge in [-0.2, -0.15) is 0 Å². The van der Waals surface area contributed by atoms with Gasteiger partial charge in [0, 0.05) is 16.6 Å². The number of rotatable bonds is 2. The largest absolute Gasteiger partial charge is 0.398 e. The van der Waals surface area contributed by atoms with Crippen LogP contribution >= 0.6 is 11.6 Å². The van der Waals surface area contributed by atoms with Gasteiger partial charge < -0.3 is 5.73 Å². The Morgan fingerprint density at radius 1 is 1.13 bits per heavy atom. The zero-order chi connectivity index (χ0) is 16.7. The average Bonchev–Trinajstić information content (AvgIpc) is 2.52. The molecule has 0 spiro atoms. The van der Waals surface area contributed by atoms with E-state index in [1.54, 1.807) is 28.8 Å². The Hall–Kier alpha value is -2.33. The molecule has 0 amide bonds. The third-order valence-corrected chi connectivity index (χ3v) is 4.22. The van der Waals surface area contributed by atoms with E-state index in [1.165, 1.54) is 0 Å². The van der Waals surface area contributed by atoms with Gasteiger partial charge >= 0.3 is 0 Å². The molecule has 0 fully saturated rings. The molecule has 2 aromatic carbocycles. The molecule has 0 radical (unpaired) electrons. The molecule has 0 atom stereocenters. The van der Waals surface area contributed by atoms with Crippen LogP contribution in [0.3, 0.4) is 0 Å². The van der Waals surface area contributed by atoms with Crippen LogP contribution in [0.25, 0.3) is 16.6 Å². The second kappa shape index (κ2) is 5.70. The SMILES string of the molecule is Cc1c(N)ccc2c(=O)n(-c3ccc(Cl)cc3)c(C(C)C)nc12. The molecule has 1 heterocycles. The van der Waals surface area contributed by atoms with Crippen LogP contribution in [0.2, 0.25) is 5.02 Å². The predicted octanol–water partition coefficient (Wildman–Crippen LogP) is 4.05. The molecule has 3 rings (SSSR count). The maximum absolute atomic E-state index is 13.1. The lowest BCUT2D eigenvalue weighted by Gasteiger charge is -2.17. The Morgan fingerprint density at radius 3 is 2.39 bits per heavy atom. The van der Waals surface area contributed by atoms with E-state index < -0.39 is 0 Å². The number of nitrogens with two attached hydrogens (primary N) is 1. The van der Waals surface area contributed by atoms with Crippen molar-refractivity contribution >= 4 is 28.2 Å². The standard InChI is InChI=1S/C18H18ClN3O/c1-10(2)17-21-16-11(3)15(20)9-8-14(16)18(23)22(17)13-6-4-12(19)5-7-13/h4-10H,20H2,1-3H3. The van der Waals surface area contributed by atoms with Crippen molar-refractivity contribution in [1.29, 1.82) is 0 Å². The highest BCUT2D eigenvalue weighted by Gasteiger charge is 2.17. The maximum Gasteiger partial charge on any atom is 0.265 e. The summed E-state index contributed by atoms with van der Waals surface area (Å²) in [6.07, 6.45) is 0. The van der Waals surface area contributed by atoms with Crippen LogP contribution in [0.4, 0.5) is 5.69 Å². The van der Waals surface area contributed by atoms with Gasteiger partial charge in [0.1, 0.15) is 5.82 Å².